The van der Waals surface area contributed by atoms with Crippen LogP contribution in [0.3, 0.4) is 0 Å². The Balaban J connectivity index is 1.23. The van der Waals surface area contributed by atoms with Crippen molar-refractivity contribution in [2.45, 2.75) is 19.4 Å². The van der Waals surface area contributed by atoms with E-state index in [0.29, 0.717) is 29.0 Å². The molecule has 0 amide bonds. The molecule has 0 radical (unpaired) electrons. The van der Waals surface area contributed by atoms with Crippen molar-refractivity contribution in [3.05, 3.63) is 114 Å². The molecule has 0 spiro atoms. The topological polar surface area (TPSA) is 98.3 Å². The summed E-state index contributed by atoms with van der Waals surface area (Å²) in [5, 5.41) is 1.11. The number of fused-ring (bicyclic) bond motifs is 2. The summed E-state index contributed by atoms with van der Waals surface area (Å²) in [6.07, 6.45) is 7.55. The SMILES string of the molecule is Cc1cc(-c2ncccc2-c2ccc3ncc(C(=O)OC[C@@H](N)Cc4c[nH]c5ccccc45)n3c2)ccc1F. The Morgan fingerprint density at radius 3 is 2.79 bits per heavy atom. The molecule has 0 aliphatic carbocycles. The van der Waals surface area contributed by atoms with E-state index < -0.39 is 5.97 Å². The summed E-state index contributed by atoms with van der Waals surface area (Å²) in [5.74, 6) is -0.769. The van der Waals surface area contributed by atoms with Crippen molar-refractivity contribution in [1.82, 2.24) is 19.4 Å². The molecule has 0 bridgehead atoms. The number of esters is 1. The number of pyridine rings is 2. The average molecular weight is 520 g/mol. The minimum atomic E-state index is -0.505. The molecule has 6 rings (SSSR count). The van der Waals surface area contributed by atoms with Crippen LogP contribution in [0.1, 0.15) is 21.6 Å². The molecular formula is C31H26FN5O2. The van der Waals surface area contributed by atoms with Crippen LogP contribution in [0.15, 0.2) is 91.5 Å². The zero-order valence-electron chi connectivity index (χ0n) is 21.3. The number of hydrogen-bond donors (Lipinski definition) is 2. The molecule has 0 aliphatic rings. The Kier molecular flexibility index (Phi) is 6.38. The number of aromatic nitrogens is 4. The van der Waals surface area contributed by atoms with Crippen LogP contribution in [0, 0.1) is 12.7 Å². The zero-order chi connectivity index (χ0) is 26.9. The number of H-pyrrole nitrogens is 1. The van der Waals surface area contributed by atoms with Crippen molar-refractivity contribution in [3.8, 4) is 22.4 Å². The quantitative estimate of drug-likeness (QED) is 0.263. The Labute approximate surface area is 224 Å². The van der Waals surface area contributed by atoms with Crippen LogP contribution in [0.5, 0.6) is 0 Å². The van der Waals surface area contributed by atoms with Crippen molar-refractivity contribution < 1.29 is 13.9 Å². The third-order valence-electron chi connectivity index (χ3n) is 6.85. The van der Waals surface area contributed by atoms with Crippen molar-refractivity contribution >= 4 is 22.5 Å². The molecule has 7 nitrogen and oxygen atoms in total. The number of aromatic amines is 1. The molecule has 1 atom stereocenters. The minimum Gasteiger partial charge on any atom is -0.459 e. The summed E-state index contributed by atoms with van der Waals surface area (Å²) in [7, 11) is 0. The van der Waals surface area contributed by atoms with Gasteiger partial charge in [0.15, 0.2) is 5.69 Å². The van der Waals surface area contributed by atoms with E-state index in [1.165, 1.54) is 12.3 Å². The van der Waals surface area contributed by atoms with Gasteiger partial charge in [-0.3, -0.25) is 9.38 Å². The number of halogens is 1. The largest absolute Gasteiger partial charge is 0.459 e. The van der Waals surface area contributed by atoms with Gasteiger partial charge in [-0.2, -0.15) is 0 Å². The lowest BCUT2D eigenvalue weighted by atomic mass is 9.99. The second-order valence-electron chi connectivity index (χ2n) is 9.58. The van der Waals surface area contributed by atoms with Gasteiger partial charge in [-0.1, -0.05) is 24.3 Å². The number of carbonyl (C=O) groups excluding carboxylic acids is 1. The molecule has 8 heteroatoms. The summed E-state index contributed by atoms with van der Waals surface area (Å²) < 4.78 is 21.2. The first-order chi connectivity index (χ1) is 19.0. The Morgan fingerprint density at radius 2 is 1.92 bits per heavy atom. The monoisotopic (exact) mass is 519 g/mol. The Hall–Kier alpha value is -4.82. The highest BCUT2D eigenvalue weighted by Crippen LogP contribution is 2.31. The summed E-state index contributed by atoms with van der Waals surface area (Å²) in [6.45, 7) is 1.80. The minimum absolute atomic E-state index is 0.0714. The molecule has 2 aromatic carbocycles. The van der Waals surface area contributed by atoms with Crippen molar-refractivity contribution in [1.29, 1.82) is 0 Å². The van der Waals surface area contributed by atoms with E-state index >= 15 is 0 Å². The maximum atomic E-state index is 13.9. The fraction of sp³-hybridized carbons (Fsp3) is 0.129. The fourth-order valence-corrected chi connectivity index (χ4v) is 4.85. The van der Waals surface area contributed by atoms with Gasteiger partial charge in [-0.25, -0.2) is 14.2 Å². The van der Waals surface area contributed by atoms with E-state index in [-0.39, 0.29) is 18.5 Å². The van der Waals surface area contributed by atoms with Gasteiger partial charge in [0.25, 0.3) is 0 Å². The van der Waals surface area contributed by atoms with Crippen molar-refractivity contribution in [3.63, 3.8) is 0 Å². The highest BCUT2D eigenvalue weighted by Gasteiger charge is 2.18. The van der Waals surface area contributed by atoms with E-state index in [4.69, 9.17) is 10.5 Å². The number of aryl methyl sites for hydroxylation is 1. The molecule has 0 fully saturated rings. The molecular weight excluding hydrogens is 493 g/mol. The molecule has 6 aromatic rings. The maximum absolute atomic E-state index is 13.9. The van der Waals surface area contributed by atoms with Crippen LogP contribution < -0.4 is 5.73 Å². The lowest BCUT2D eigenvalue weighted by Crippen LogP contribution is -2.30. The summed E-state index contributed by atoms with van der Waals surface area (Å²) >= 11 is 0. The highest BCUT2D eigenvalue weighted by molar-refractivity contribution is 5.89. The molecule has 4 aromatic heterocycles. The van der Waals surface area contributed by atoms with E-state index in [9.17, 15) is 9.18 Å². The predicted octanol–water partition coefficient (Wildman–Crippen LogP) is 5.72. The Morgan fingerprint density at radius 1 is 1.08 bits per heavy atom. The van der Waals surface area contributed by atoms with Crippen LogP contribution in [0.4, 0.5) is 4.39 Å². The highest BCUT2D eigenvalue weighted by atomic mass is 19.1. The number of nitrogens with zero attached hydrogens (tertiary/aromatic N) is 3. The number of carbonyl (C=O) groups is 1. The third-order valence-corrected chi connectivity index (χ3v) is 6.85. The van der Waals surface area contributed by atoms with E-state index in [2.05, 4.69) is 15.0 Å². The van der Waals surface area contributed by atoms with Crippen LogP contribution in [-0.2, 0) is 11.2 Å². The van der Waals surface area contributed by atoms with Gasteiger partial charge in [-0.15, -0.1) is 0 Å². The van der Waals surface area contributed by atoms with Crippen LogP contribution in [-0.4, -0.2) is 38.0 Å². The Bertz CT molecular complexity index is 1820. The molecule has 3 N–H and O–H groups in total. The summed E-state index contributed by atoms with van der Waals surface area (Å²) in [6, 6.07) is 20.1. The lowest BCUT2D eigenvalue weighted by molar-refractivity contribution is 0.0473. The first-order valence-corrected chi connectivity index (χ1v) is 12.6. The smallest absolute Gasteiger partial charge is 0.357 e. The van der Waals surface area contributed by atoms with Crippen LogP contribution in [0.25, 0.3) is 38.9 Å². The predicted molar refractivity (Wildman–Crippen MR) is 149 cm³/mol. The van der Waals surface area contributed by atoms with Gasteiger partial charge in [0, 0.05) is 52.2 Å². The fourth-order valence-electron chi connectivity index (χ4n) is 4.85. The van der Waals surface area contributed by atoms with Gasteiger partial charge in [-0.05, 0) is 66.9 Å². The normalized spacial score (nSPS) is 12.2. The van der Waals surface area contributed by atoms with Gasteiger partial charge < -0.3 is 15.5 Å². The number of nitrogens with two attached hydrogens (primary N) is 1. The van der Waals surface area contributed by atoms with Gasteiger partial charge in [0.2, 0.25) is 0 Å². The number of benzene rings is 2. The number of para-hydroxylation sites is 1. The average Bonchev–Trinajstić information content (AvgIpc) is 3.57. The summed E-state index contributed by atoms with van der Waals surface area (Å²) in [5.41, 5.74) is 13.1. The van der Waals surface area contributed by atoms with Gasteiger partial charge in [0.1, 0.15) is 18.1 Å². The second-order valence-corrected chi connectivity index (χ2v) is 9.58. The molecule has 0 aliphatic heterocycles. The number of nitrogens with one attached hydrogen (secondary N) is 1. The van der Waals surface area contributed by atoms with E-state index in [1.54, 1.807) is 29.7 Å². The third kappa shape index (κ3) is 4.78. The van der Waals surface area contributed by atoms with E-state index in [0.717, 1.165) is 33.2 Å². The van der Waals surface area contributed by atoms with E-state index in [1.807, 2.05) is 60.9 Å². The number of hydrogen-bond acceptors (Lipinski definition) is 5. The standard InChI is InChI=1S/C31H26FN5O2/c1-19-13-20(8-10-26(19)32)30-25(6-4-12-34-30)21-9-11-29-36-16-28(37(29)17-21)31(38)39-18-23(33)14-22-15-35-27-7-3-2-5-24(22)27/h2-13,15-17,23,35H,14,18,33H2,1H3/t23-/m0/s1. The molecule has 194 valence electrons. The molecule has 39 heavy (non-hydrogen) atoms. The van der Waals surface area contributed by atoms with Crippen molar-refractivity contribution in [2.24, 2.45) is 5.73 Å². The van der Waals surface area contributed by atoms with Crippen LogP contribution >= 0.6 is 0 Å². The number of rotatable bonds is 7. The molecule has 0 saturated carbocycles. The maximum Gasteiger partial charge on any atom is 0.357 e. The van der Waals surface area contributed by atoms with Crippen molar-refractivity contribution in [2.75, 3.05) is 6.61 Å². The molecule has 4 heterocycles. The van der Waals surface area contributed by atoms with Gasteiger partial charge in [0.05, 0.1) is 11.9 Å². The summed E-state index contributed by atoms with van der Waals surface area (Å²) in [4.78, 5) is 25.2. The molecule has 0 unspecified atom stereocenters. The molecule has 0 saturated heterocycles. The number of imidazole rings is 1. The van der Waals surface area contributed by atoms with Gasteiger partial charge >= 0.3 is 5.97 Å². The lowest BCUT2D eigenvalue weighted by Gasteiger charge is -2.13. The first-order valence-electron chi connectivity index (χ1n) is 12.6. The number of ether oxygens (including phenoxy) is 1. The first kappa shape index (κ1) is 24.5. The zero-order valence-corrected chi connectivity index (χ0v) is 21.3. The van der Waals surface area contributed by atoms with Crippen LogP contribution in [0.2, 0.25) is 0 Å². The second kappa shape index (κ2) is 10.2.